The highest BCUT2D eigenvalue weighted by atomic mass is 35.5. The first-order valence-electron chi connectivity index (χ1n) is 4.92. The van der Waals surface area contributed by atoms with E-state index in [4.69, 9.17) is 11.6 Å². The molecule has 0 aliphatic rings. The molecule has 5 heteroatoms. The normalized spacial score (nSPS) is 9.94. The van der Waals surface area contributed by atoms with Crippen LogP contribution >= 0.6 is 11.6 Å². The van der Waals surface area contributed by atoms with Gasteiger partial charge in [0, 0.05) is 12.4 Å². The highest BCUT2D eigenvalue weighted by molar-refractivity contribution is 6.33. The van der Waals surface area contributed by atoms with Gasteiger partial charge in [0.2, 0.25) is 5.91 Å². The number of aromatic nitrogens is 2. The molecule has 0 aliphatic heterocycles. The summed E-state index contributed by atoms with van der Waals surface area (Å²) in [4.78, 5) is 15.3. The van der Waals surface area contributed by atoms with Crippen LogP contribution in [0, 0.1) is 0 Å². The average Bonchev–Trinajstić information content (AvgIpc) is 2.82. The van der Waals surface area contributed by atoms with E-state index in [0.29, 0.717) is 16.4 Å². The second-order valence-electron chi connectivity index (χ2n) is 3.30. The Labute approximate surface area is 104 Å². The third-order valence-electron chi connectivity index (χ3n) is 2.19. The molecule has 1 amide bonds. The minimum Gasteiger partial charge on any atom is -0.321 e. The number of carbonyl (C=O) groups excluding carboxylic acids is 1. The molecule has 0 atom stereocenters. The molecule has 0 unspecified atom stereocenters. The lowest BCUT2D eigenvalue weighted by molar-refractivity contribution is -0.111. The molecule has 0 saturated heterocycles. The third kappa shape index (κ3) is 2.37. The van der Waals surface area contributed by atoms with E-state index in [9.17, 15) is 4.79 Å². The van der Waals surface area contributed by atoms with Gasteiger partial charge in [0.1, 0.15) is 0 Å². The SMILES string of the molecule is C=CC(=O)Nc1cccc(Cl)c1-n1ccnc1. The summed E-state index contributed by atoms with van der Waals surface area (Å²) in [6, 6.07) is 5.28. The maximum absolute atomic E-state index is 11.3. The Morgan fingerprint density at radius 3 is 3.00 bits per heavy atom. The first-order chi connectivity index (χ1) is 8.22. The summed E-state index contributed by atoms with van der Waals surface area (Å²) in [5.74, 6) is -0.284. The van der Waals surface area contributed by atoms with Gasteiger partial charge in [0.05, 0.1) is 22.7 Å². The van der Waals surface area contributed by atoms with Crippen LogP contribution in [-0.4, -0.2) is 15.5 Å². The molecule has 2 aromatic rings. The van der Waals surface area contributed by atoms with Crippen LogP contribution in [0.2, 0.25) is 5.02 Å². The number of anilines is 1. The quantitative estimate of drug-likeness (QED) is 0.848. The van der Waals surface area contributed by atoms with Crippen molar-refractivity contribution in [3.05, 3.63) is 54.6 Å². The first-order valence-corrected chi connectivity index (χ1v) is 5.30. The number of para-hydroxylation sites is 1. The van der Waals surface area contributed by atoms with Crippen molar-refractivity contribution in [2.75, 3.05) is 5.32 Å². The predicted molar refractivity (Wildman–Crippen MR) is 67.4 cm³/mol. The van der Waals surface area contributed by atoms with Crippen molar-refractivity contribution < 1.29 is 4.79 Å². The molecule has 0 aliphatic carbocycles. The van der Waals surface area contributed by atoms with Crippen LogP contribution in [0.25, 0.3) is 5.69 Å². The molecule has 1 N–H and O–H groups in total. The van der Waals surface area contributed by atoms with E-state index >= 15 is 0 Å². The average molecular weight is 248 g/mol. The summed E-state index contributed by atoms with van der Waals surface area (Å²) in [5.41, 5.74) is 1.29. The minimum atomic E-state index is -0.284. The fourth-order valence-corrected chi connectivity index (χ4v) is 1.73. The van der Waals surface area contributed by atoms with Gasteiger partial charge in [-0.05, 0) is 18.2 Å². The van der Waals surface area contributed by atoms with Crippen molar-refractivity contribution in [2.24, 2.45) is 0 Å². The number of nitrogens with one attached hydrogen (secondary N) is 1. The number of rotatable bonds is 3. The first kappa shape index (κ1) is 11.4. The predicted octanol–water partition coefficient (Wildman–Crippen LogP) is 2.65. The zero-order chi connectivity index (χ0) is 12.3. The number of amides is 1. The van der Waals surface area contributed by atoms with E-state index in [-0.39, 0.29) is 5.91 Å². The summed E-state index contributed by atoms with van der Waals surface area (Å²) in [7, 11) is 0. The van der Waals surface area contributed by atoms with Crippen LogP contribution in [0.1, 0.15) is 0 Å². The van der Waals surface area contributed by atoms with Gasteiger partial charge >= 0.3 is 0 Å². The maximum Gasteiger partial charge on any atom is 0.247 e. The number of benzene rings is 1. The van der Waals surface area contributed by atoms with Crippen molar-refractivity contribution in [3.63, 3.8) is 0 Å². The van der Waals surface area contributed by atoms with Crippen LogP contribution in [0.15, 0.2) is 49.6 Å². The van der Waals surface area contributed by atoms with Crippen molar-refractivity contribution in [1.29, 1.82) is 0 Å². The van der Waals surface area contributed by atoms with E-state index in [1.165, 1.54) is 6.08 Å². The standard InChI is InChI=1S/C12H10ClN3O/c1-2-11(17)15-10-5-3-4-9(13)12(10)16-7-6-14-8-16/h2-8H,1H2,(H,15,17). The summed E-state index contributed by atoms with van der Waals surface area (Å²) >= 11 is 6.12. The molecule has 0 bridgehead atoms. The zero-order valence-electron chi connectivity index (χ0n) is 8.93. The fraction of sp³-hybridized carbons (Fsp3) is 0. The van der Waals surface area contributed by atoms with Crippen LogP contribution in [0.4, 0.5) is 5.69 Å². The molecular weight excluding hydrogens is 238 g/mol. The van der Waals surface area contributed by atoms with Crippen molar-refractivity contribution in [3.8, 4) is 5.69 Å². The number of hydrogen-bond acceptors (Lipinski definition) is 2. The lowest BCUT2D eigenvalue weighted by atomic mass is 10.2. The van der Waals surface area contributed by atoms with Gasteiger partial charge in [-0.2, -0.15) is 0 Å². The Morgan fingerprint density at radius 2 is 2.35 bits per heavy atom. The molecule has 1 heterocycles. The van der Waals surface area contributed by atoms with Gasteiger partial charge in [0.25, 0.3) is 0 Å². The minimum absolute atomic E-state index is 0.284. The maximum atomic E-state index is 11.3. The molecule has 17 heavy (non-hydrogen) atoms. The molecule has 0 spiro atoms. The van der Waals surface area contributed by atoms with Crippen molar-refractivity contribution in [2.45, 2.75) is 0 Å². The van der Waals surface area contributed by atoms with Gasteiger partial charge < -0.3 is 9.88 Å². The number of carbonyl (C=O) groups is 1. The summed E-state index contributed by atoms with van der Waals surface area (Å²) in [6.45, 7) is 3.41. The highest BCUT2D eigenvalue weighted by Gasteiger charge is 2.09. The third-order valence-corrected chi connectivity index (χ3v) is 2.50. The Hall–Kier alpha value is -2.07. The van der Waals surface area contributed by atoms with E-state index in [1.807, 2.05) is 0 Å². The van der Waals surface area contributed by atoms with Gasteiger partial charge in [-0.3, -0.25) is 4.79 Å². The van der Waals surface area contributed by atoms with E-state index in [0.717, 1.165) is 0 Å². The van der Waals surface area contributed by atoms with Crippen molar-refractivity contribution >= 4 is 23.2 Å². The van der Waals surface area contributed by atoms with Gasteiger partial charge in [0.15, 0.2) is 0 Å². The largest absolute Gasteiger partial charge is 0.321 e. The molecule has 2 rings (SSSR count). The molecular formula is C12H10ClN3O. The van der Waals surface area contributed by atoms with Gasteiger partial charge in [-0.15, -0.1) is 0 Å². The zero-order valence-corrected chi connectivity index (χ0v) is 9.69. The number of halogens is 1. The van der Waals surface area contributed by atoms with E-state index in [1.54, 1.807) is 41.5 Å². The van der Waals surface area contributed by atoms with E-state index < -0.39 is 0 Å². The topological polar surface area (TPSA) is 46.9 Å². The Kier molecular flexibility index (Phi) is 3.25. The molecule has 1 aromatic carbocycles. The van der Waals surface area contributed by atoms with Crippen molar-refractivity contribution in [1.82, 2.24) is 9.55 Å². The molecule has 0 radical (unpaired) electrons. The molecule has 0 fully saturated rings. The summed E-state index contributed by atoms with van der Waals surface area (Å²) in [5, 5.41) is 3.23. The summed E-state index contributed by atoms with van der Waals surface area (Å²) in [6.07, 6.45) is 6.22. The Balaban J connectivity index is 2.49. The molecule has 86 valence electrons. The Morgan fingerprint density at radius 1 is 1.53 bits per heavy atom. The summed E-state index contributed by atoms with van der Waals surface area (Å²) < 4.78 is 1.74. The fourth-order valence-electron chi connectivity index (χ4n) is 1.45. The lowest BCUT2D eigenvalue weighted by Crippen LogP contribution is -2.10. The molecule has 0 saturated carbocycles. The number of hydrogen-bond donors (Lipinski definition) is 1. The highest BCUT2D eigenvalue weighted by Crippen LogP contribution is 2.28. The van der Waals surface area contributed by atoms with Crippen LogP contribution in [0.5, 0.6) is 0 Å². The van der Waals surface area contributed by atoms with Gasteiger partial charge in [-0.1, -0.05) is 24.2 Å². The van der Waals surface area contributed by atoms with Crippen LogP contribution in [0.3, 0.4) is 0 Å². The van der Waals surface area contributed by atoms with Gasteiger partial charge in [-0.25, -0.2) is 4.98 Å². The van der Waals surface area contributed by atoms with Crippen LogP contribution in [-0.2, 0) is 4.79 Å². The van der Waals surface area contributed by atoms with Crippen LogP contribution < -0.4 is 5.32 Å². The van der Waals surface area contributed by atoms with E-state index in [2.05, 4.69) is 16.9 Å². The number of nitrogens with zero attached hydrogens (tertiary/aromatic N) is 2. The molecule has 1 aromatic heterocycles. The monoisotopic (exact) mass is 247 g/mol. The number of imidazole rings is 1. The smallest absolute Gasteiger partial charge is 0.247 e. The lowest BCUT2D eigenvalue weighted by Gasteiger charge is -2.12. The Bertz CT molecular complexity index is 549. The second-order valence-corrected chi connectivity index (χ2v) is 3.71. The second kappa shape index (κ2) is 4.84. The molecule has 4 nitrogen and oxygen atoms in total.